The number of aromatic nitrogens is 2. The third-order valence-electron chi connectivity index (χ3n) is 2.47. The van der Waals surface area contributed by atoms with Gasteiger partial charge in [-0.3, -0.25) is 0 Å². The van der Waals surface area contributed by atoms with Crippen LogP contribution < -0.4 is 15.4 Å². The van der Waals surface area contributed by atoms with Gasteiger partial charge in [0.15, 0.2) is 5.82 Å². The Hall–Kier alpha value is -1.56. The quantitative estimate of drug-likeness (QED) is 0.705. The van der Waals surface area contributed by atoms with Crippen LogP contribution in [0.25, 0.3) is 0 Å². The van der Waals surface area contributed by atoms with E-state index in [-0.39, 0.29) is 0 Å². The third-order valence-corrected chi connectivity index (χ3v) is 2.47. The highest BCUT2D eigenvalue weighted by molar-refractivity contribution is 5.67. The normalized spacial score (nSPS) is 10.4. The zero-order valence-electron chi connectivity index (χ0n) is 11.3. The maximum absolute atomic E-state index is 6.01. The number of nitrogens with two attached hydrogens (primary N) is 1. The van der Waals surface area contributed by atoms with Gasteiger partial charge in [0.05, 0.1) is 6.61 Å². The van der Waals surface area contributed by atoms with Crippen molar-refractivity contribution in [2.75, 3.05) is 44.5 Å². The third kappa shape index (κ3) is 4.03. The summed E-state index contributed by atoms with van der Waals surface area (Å²) in [5.74, 6) is 1.16. The molecule has 0 atom stereocenters. The second-order valence-electron chi connectivity index (χ2n) is 4.03. The lowest BCUT2D eigenvalue weighted by Gasteiger charge is -2.20. The maximum atomic E-state index is 6.01. The van der Waals surface area contributed by atoms with Crippen molar-refractivity contribution in [1.82, 2.24) is 9.97 Å². The lowest BCUT2D eigenvalue weighted by Crippen LogP contribution is -2.22. The van der Waals surface area contributed by atoms with Crippen LogP contribution >= 0.6 is 0 Å². The summed E-state index contributed by atoms with van der Waals surface area (Å²) in [5.41, 5.74) is 6.50. The number of hydrogen-bond donors (Lipinski definition) is 1. The molecule has 2 N–H and O–H groups in total. The second-order valence-corrected chi connectivity index (χ2v) is 4.03. The van der Waals surface area contributed by atoms with Gasteiger partial charge in [-0.25, -0.2) is 4.98 Å². The number of anilines is 2. The van der Waals surface area contributed by atoms with Crippen molar-refractivity contribution < 1.29 is 9.47 Å². The predicted octanol–water partition coefficient (Wildman–Crippen LogP) is 1.32. The van der Waals surface area contributed by atoms with Crippen LogP contribution in [0.2, 0.25) is 0 Å². The van der Waals surface area contributed by atoms with E-state index in [1.54, 1.807) is 7.11 Å². The van der Waals surface area contributed by atoms with Crippen molar-refractivity contribution in [3.63, 3.8) is 0 Å². The Balaban J connectivity index is 2.69. The molecule has 0 aliphatic heterocycles. The highest BCUT2D eigenvalue weighted by Crippen LogP contribution is 2.27. The fourth-order valence-electron chi connectivity index (χ4n) is 1.54. The molecule has 0 saturated carbocycles. The number of hydrogen-bond acceptors (Lipinski definition) is 6. The van der Waals surface area contributed by atoms with Crippen LogP contribution in [0.3, 0.4) is 0 Å². The molecule has 0 aliphatic carbocycles. The van der Waals surface area contributed by atoms with E-state index in [1.807, 2.05) is 18.9 Å². The number of methoxy groups -OCH3 is 1. The van der Waals surface area contributed by atoms with Crippen molar-refractivity contribution >= 4 is 11.5 Å². The van der Waals surface area contributed by atoms with E-state index in [9.17, 15) is 0 Å². The number of ether oxygens (including phenoxy) is 2. The molecule has 0 radical (unpaired) electrons. The molecule has 1 aromatic heterocycles. The van der Waals surface area contributed by atoms with Gasteiger partial charge in [-0.05, 0) is 12.8 Å². The molecule has 18 heavy (non-hydrogen) atoms. The van der Waals surface area contributed by atoms with Crippen LogP contribution in [0.1, 0.15) is 19.8 Å². The molecule has 0 aliphatic rings. The summed E-state index contributed by atoms with van der Waals surface area (Å²) in [7, 11) is 3.63. The summed E-state index contributed by atoms with van der Waals surface area (Å²) in [4.78, 5) is 10.2. The molecule has 0 aromatic carbocycles. The molecule has 102 valence electrons. The second kappa shape index (κ2) is 7.71. The topological polar surface area (TPSA) is 73.5 Å². The monoisotopic (exact) mass is 254 g/mol. The minimum atomic E-state index is 0.459. The van der Waals surface area contributed by atoms with Gasteiger partial charge in [-0.2, -0.15) is 4.98 Å². The zero-order chi connectivity index (χ0) is 13.4. The van der Waals surface area contributed by atoms with Crippen molar-refractivity contribution in [2.24, 2.45) is 0 Å². The Morgan fingerprint density at radius 2 is 2.11 bits per heavy atom. The summed E-state index contributed by atoms with van der Waals surface area (Å²) in [6.07, 6.45) is 3.31. The van der Waals surface area contributed by atoms with Gasteiger partial charge in [0.2, 0.25) is 5.88 Å². The van der Waals surface area contributed by atoms with Crippen LogP contribution in [0.4, 0.5) is 11.5 Å². The Labute approximate surface area is 108 Å². The van der Waals surface area contributed by atoms with Crippen molar-refractivity contribution in [3.05, 3.63) is 6.33 Å². The largest absolute Gasteiger partial charge is 0.476 e. The molecule has 6 nitrogen and oxygen atoms in total. The minimum absolute atomic E-state index is 0.459. The smallest absolute Gasteiger partial charge is 0.242 e. The summed E-state index contributed by atoms with van der Waals surface area (Å²) in [6.45, 7) is 4.18. The van der Waals surface area contributed by atoms with Crippen molar-refractivity contribution in [1.29, 1.82) is 0 Å². The number of rotatable bonds is 8. The van der Waals surface area contributed by atoms with Crippen LogP contribution in [0.5, 0.6) is 5.88 Å². The molecule has 0 saturated heterocycles. The molecule has 0 fully saturated rings. The molecular weight excluding hydrogens is 232 g/mol. The molecule has 0 bridgehead atoms. The fourth-order valence-corrected chi connectivity index (χ4v) is 1.54. The van der Waals surface area contributed by atoms with Crippen molar-refractivity contribution in [2.45, 2.75) is 19.8 Å². The molecule has 6 heteroatoms. The first kappa shape index (κ1) is 14.5. The zero-order valence-corrected chi connectivity index (χ0v) is 11.3. The fraction of sp³-hybridized carbons (Fsp3) is 0.667. The molecule has 1 aromatic rings. The van der Waals surface area contributed by atoms with E-state index in [0.29, 0.717) is 30.6 Å². The lowest BCUT2D eigenvalue weighted by atomic mass is 10.3. The predicted molar refractivity (Wildman–Crippen MR) is 72.0 cm³/mol. The standard InChI is InChI=1S/C12H22N4O2/c1-4-7-18-12-10(13)11(14-9-15-12)16(2)6-5-8-17-3/h9H,4-8,13H2,1-3H3. The maximum Gasteiger partial charge on any atom is 0.242 e. The SMILES string of the molecule is CCCOc1ncnc(N(C)CCCOC)c1N. The van der Waals surface area contributed by atoms with E-state index in [1.165, 1.54) is 6.33 Å². The van der Waals surface area contributed by atoms with Gasteiger partial charge in [-0.15, -0.1) is 0 Å². The van der Waals surface area contributed by atoms with E-state index in [2.05, 4.69) is 9.97 Å². The minimum Gasteiger partial charge on any atom is -0.476 e. The molecule has 0 amide bonds. The Bertz CT molecular complexity index is 360. The van der Waals surface area contributed by atoms with E-state index >= 15 is 0 Å². The lowest BCUT2D eigenvalue weighted by molar-refractivity contribution is 0.196. The summed E-state index contributed by atoms with van der Waals surface area (Å²) >= 11 is 0. The average molecular weight is 254 g/mol. The summed E-state index contributed by atoms with van der Waals surface area (Å²) in [6, 6.07) is 0. The first-order chi connectivity index (χ1) is 8.70. The van der Waals surface area contributed by atoms with Gasteiger partial charge in [0, 0.05) is 27.3 Å². The summed E-state index contributed by atoms with van der Waals surface area (Å²) in [5, 5.41) is 0. The van der Waals surface area contributed by atoms with E-state index in [4.69, 9.17) is 15.2 Å². The highest BCUT2D eigenvalue weighted by Gasteiger charge is 2.12. The first-order valence-electron chi connectivity index (χ1n) is 6.14. The van der Waals surface area contributed by atoms with Gasteiger partial charge in [0.1, 0.15) is 12.0 Å². The van der Waals surface area contributed by atoms with Gasteiger partial charge in [0.25, 0.3) is 0 Å². The van der Waals surface area contributed by atoms with Crippen LogP contribution in [-0.4, -0.2) is 43.9 Å². The number of nitrogen functional groups attached to an aromatic ring is 1. The Morgan fingerprint density at radius 1 is 1.33 bits per heavy atom. The van der Waals surface area contributed by atoms with Crippen LogP contribution in [0, 0.1) is 0 Å². The van der Waals surface area contributed by atoms with E-state index < -0.39 is 0 Å². The van der Waals surface area contributed by atoms with Crippen LogP contribution in [-0.2, 0) is 4.74 Å². The van der Waals surface area contributed by atoms with Crippen LogP contribution in [0.15, 0.2) is 6.33 Å². The molecule has 1 rings (SSSR count). The highest BCUT2D eigenvalue weighted by atomic mass is 16.5. The van der Waals surface area contributed by atoms with Gasteiger partial charge >= 0.3 is 0 Å². The van der Waals surface area contributed by atoms with E-state index in [0.717, 1.165) is 19.4 Å². The summed E-state index contributed by atoms with van der Waals surface area (Å²) < 4.78 is 10.5. The molecule has 0 spiro atoms. The molecular formula is C12H22N4O2. The van der Waals surface area contributed by atoms with Crippen molar-refractivity contribution in [3.8, 4) is 5.88 Å². The number of nitrogens with zero attached hydrogens (tertiary/aromatic N) is 3. The average Bonchev–Trinajstić information content (AvgIpc) is 2.37. The first-order valence-corrected chi connectivity index (χ1v) is 6.14. The molecule has 1 heterocycles. The Kier molecular flexibility index (Phi) is 6.21. The van der Waals surface area contributed by atoms with Gasteiger partial charge < -0.3 is 20.1 Å². The Morgan fingerprint density at radius 3 is 2.78 bits per heavy atom. The van der Waals surface area contributed by atoms with Gasteiger partial charge in [-0.1, -0.05) is 6.92 Å². The molecule has 0 unspecified atom stereocenters.